The van der Waals surface area contributed by atoms with Gasteiger partial charge in [-0.1, -0.05) is 26.0 Å². The van der Waals surface area contributed by atoms with Crippen LogP contribution in [0, 0.1) is 5.92 Å². The number of hydrogen-bond donors (Lipinski definition) is 7. The van der Waals surface area contributed by atoms with E-state index in [1.165, 1.54) is 12.1 Å². The molecule has 0 radical (unpaired) electrons. The average Bonchev–Trinajstić information content (AvgIpc) is 2.70. The van der Waals surface area contributed by atoms with Crippen LogP contribution in [-0.2, 0) is 30.4 Å². The molecule has 3 atom stereocenters. The lowest BCUT2D eigenvalue weighted by molar-refractivity contribution is -0.143. The number of primary amides is 1. The number of phenols is 1. The molecule has 0 aromatic heterocycles. The van der Waals surface area contributed by atoms with Crippen molar-refractivity contribution in [2.75, 3.05) is 6.54 Å². The van der Waals surface area contributed by atoms with Crippen LogP contribution in [0.3, 0.4) is 0 Å². The number of rotatable bonds is 12. The summed E-state index contributed by atoms with van der Waals surface area (Å²) in [4.78, 5) is 59.2. The lowest BCUT2D eigenvalue weighted by Gasteiger charge is -2.22. The molecule has 1 aromatic rings. The van der Waals surface area contributed by atoms with Crippen LogP contribution in [0.15, 0.2) is 24.3 Å². The third-order valence-corrected chi connectivity index (χ3v) is 4.44. The highest BCUT2D eigenvalue weighted by Gasteiger charge is 2.29. The molecular formula is C20H29N5O7. The van der Waals surface area contributed by atoms with Gasteiger partial charge >= 0.3 is 5.97 Å². The van der Waals surface area contributed by atoms with Gasteiger partial charge in [0.15, 0.2) is 0 Å². The van der Waals surface area contributed by atoms with Gasteiger partial charge in [0.2, 0.25) is 23.6 Å². The molecule has 1 rings (SSSR count). The molecule has 0 saturated heterocycles. The van der Waals surface area contributed by atoms with Crippen LogP contribution in [0.4, 0.5) is 0 Å². The number of aliphatic carboxylic acids is 1. The van der Waals surface area contributed by atoms with Crippen molar-refractivity contribution in [3.63, 3.8) is 0 Å². The highest BCUT2D eigenvalue weighted by atomic mass is 16.4. The van der Waals surface area contributed by atoms with Gasteiger partial charge in [-0.25, -0.2) is 4.79 Å². The Morgan fingerprint density at radius 2 is 1.59 bits per heavy atom. The standard InChI is InChI=1S/C20H29N5O7/c1-10(2)17(20(31)32)25-19(30)14(8-15(22)27)24-16(28)9-23-18(29)13(21)7-11-3-5-12(26)6-4-11/h3-6,10,13-14,17,26H,7-9,21H2,1-2H3,(H2,22,27)(H,23,29)(H,24,28)(H,25,30)(H,31,32). The van der Waals surface area contributed by atoms with Crippen molar-refractivity contribution in [3.8, 4) is 5.75 Å². The number of benzene rings is 1. The first-order valence-electron chi connectivity index (χ1n) is 9.82. The van der Waals surface area contributed by atoms with E-state index in [2.05, 4.69) is 16.0 Å². The summed E-state index contributed by atoms with van der Waals surface area (Å²) in [5, 5.41) is 25.3. The van der Waals surface area contributed by atoms with E-state index in [9.17, 15) is 34.2 Å². The molecule has 0 fully saturated rings. The van der Waals surface area contributed by atoms with Crippen molar-refractivity contribution in [2.24, 2.45) is 17.4 Å². The van der Waals surface area contributed by atoms with Gasteiger partial charge < -0.3 is 37.6 Å². The van der Waals surface area contributed by atoms with Crippen molar-refractivity contribution in [2.45, 2.75) is 44.8 Å². The minimum atomic E-state index is -1.41. The Bertz CT molecular complexity index is 841. The van der Waals surface area contributed by atoms with Crippen molar-refractivity contribution in [1.29, 1.82) is 0 Å². The van der Waals surface area contributed by atoms with E-state index in [0.717, 1.165) is 0 Å². The maximum absolute atomic E-state index is 12.4. The second-order valence-corrected chi connectivity index (χ2v) is 7.55. The summed E-state index contributed by atoms with van der Waals surface area (Å²) in [6, 6.07) is 2.49. The lowest BCUT2D eigenvalue weighted by atomic mass is 10.0. The first-order valence-corrected chi connectivity index (χ1v) is 9.82. The van der Waals surface area contributed by atoms with Gasteiger partial charge in [0.05, 0.1) is 19.0 Å². The fraction of sp³-hybridized carbons (Fsp3) is 0.450. The minimum Gasteiger partial charge on any atom is -0.508 e. The van der Waals surface area contributed by atoms with E-state index in [0.29, 0.717) is 5.56 Å². The Balaban J connectivity index is 2.65. The Morgan fingerprint density at radius 1 is 1.00 bits per heavy atom. The largest absolute Gasteiger partial charge is 0.508 e. The molecule has 1 aromatic carbocycles. The Kier molecular flexibility index (Phi) is 10.1. The van der Waals surface area contributed by atoms with E-state index in [4.69, 9.17) is 11.5 Å². The molecule has 4 amide bonds. The zero-order chi connectivity index (χ0) is 24.4. The third-order valence-electron chi connectivity index (χ3n) is 4.44. The summed E-state index contributed by atoms with van der Waals surface area (Å²) < 4.78 is 0. The fourth-order valence-corrected chi connectivity index (χ4v) is 2.70. The van der Waals surface area contributed by atoms with E-state index in [-0.39, 0.29) is 12.2 Å². The second kappa shape index (κ2) is 12.2. The number of carbonyl (C=O) groups is 5. The van der Waals surface area contributed by atoms with Gasteiger partial charge in [-0.05, 0) is 30.0 Å². The summed E-state index contributed by atoms with van der Waals surface area (Å²) in [7, 11) is 0. The second-order valence-electron chi connectivity index (χ2n) is 7.55. The number of nitrogens with two attached hydrogens (primary N) is 2. The fourth-order valence-electron chi connectivity index (χ4n) is 2.70. The molecule has 0 spiro atoms. The Morgan fingerprint density at radius 3 is 2.09 bits per heavy atom. The monoisotopic (exact) mass is 451 g/mol. The third kappa shape index (κ3) is 9.00. The van der Waals surface area contributed by atoms with Crippen LogP contribution < -0.4 is 27.4 Å². The van der Waals surface area contributed by atoms with Crippen LogP contribution in [-0.4, -0.2) is 64.5 Å². The zero-order valence-electron chi connectivity index (χ0n) is 17.8. The number of carbonyl (C=O) groups excluding carboxylic acids is 4. The number of amides is 4. The number of hydrogen-bond acceptors (Lipinski definition) is 7. The topological polar surface area (TPSA) is 214 Å². The minimum absolute atomic E-state index is 0.0704. The number of phenolic OH excluding ortho intramolecular Hbond substituents is 1. The van der Waals surface area contributed by atoms with E-state index in [1.54, 1.807) is 26.0 Å². The molecule has 0 bridgehead atoms. The number of aromatic hydroxyl groups is 1. The van der Waals surface area contributed by atoms with Gasteiger partial charge in [0.1, 0.15) is 17.8 Å². The molecule has 12 heteroatoms. The highest BCUT2D eigenvalue weighted by molar-refractivity contribution is 5.95. The maximum Gasteiger partial charge on any atom is 0.326 e. The summed E-state index contributed by atoms with van der Waals surface area (Å²) in [6.07, 6.45) is -0.400. The highest BCUT2D eigenvalue weighted by Crippen LogP contribution is 2.10. The van der Waals surface area contributed by atoms with E-state index < -0.39 is 66.6 Å². The predicted octanol–water partition coefficient (Wildman–Crippen LogP) is -2.04. The van der Waals surface area contributed by atoms with Gasteiger partial charge in [0.25, 0.3) is 0 Å². The SMILES string of the molecule is CC(C)C(NC(=O)C(CC(N)=O)NC(=O)CNC(=O)C(N)Cc1ccc(O)cc1)C(=O)O. The van der Waals surface area contributed by atoms with Gasteiger partial charge in [-0.2, -0.15) is 0 Å². The van der Waals surface area contributed by atoms with Gasteiger partial charge in [0, 0.05) is 0 Å². The molecule has 9 N–H and O–H groups in total. The molecule has 176 valence electrons. The summed E-state index contributed by atoms with van der Waals surface area (Å²) >= 11 is 0. The first-order chi connectivity index (χ1) is 14.9. The molecule has 0 aliphatic carbocycles. The molecule has 0 aliphatic heterocycles. The number of nitrogens with one attached hydrogen (secondary N) is 3. The normalized spacial score (nSPS) is 13.5. The molecule has 0 saturated carbocycles. The molecule has 3 unspecified atom stereocenters. The smallest absolute Gasteiger partial charge is 0.326 e. The van der Waals surface area contributed by atoms with Crippen LogP contribution in [0.5, 0.6) is 5.75 Å². The zero-order valence-corrected chi connectivity index (χ0v) is 17.8. The van der Waals surface area contributed by atoms with Crippen LogP contribution in [0.2, 0.25) is 0 Å². The molecular weight excluding hydrogens is 422 g/mol. The van der Waals surface area contributed by atoms with Crippen molar-refractivity contribution in [3.05, 3.63) is 29.8 Å². The molecule has 32 heavy (non-hydrogen) atoms. The van der Waals surface area contributed by atoms with Crippen molar-refractivity contribution >= 4 is 29.6 Å². The van der Waals surface area contributed by atoms with Gasteiger partial charge in [-0.15, -0.1) is 0 Å². The Labute approximate surface area is 184 Å². The maximum atomic E-state index is 12.4. The molecule has 12 nitrogen and oxygen atoms in total. The van der Waals surface area contributed by atoms with E-state index >= 15 is 0 Å². The summed E-state index contributed by atoms with van der Waals surface area (Å²) in [5.74, 6) is -4.86. The molecule has 0 aliphatic rings. The summed E-state index contributed by atoms with van der Waals surface area (Å²) in [5.41, 5.74) is 11.6. The Hall–Kier alpha value is -3.67. The van der Waals surface area contributed by atoms with Crippen molar-refractivity contribution < 1.29 is 34.2 Å². The number of carboxylic acid groups (broad SMARTS) is 1. The van der Waals surface area contributed by atoms with Crippen LogP contribution in [0.25, 0.3) is 0 Å². The molecule has 0 heterocycles. The van der Waals surface area contributed by atoms with Crippen LogP contribution >= 0.6 is 0 Å². The predicted molar refractivity (Wildman–Crippen MR) is 113 cm³/mol. The average molecular weight is 451 g/mol. The van der Waals surface area contributed by atoms with Gasteiger partial charge in [-0.3, -0.25) is 19.2 Å². The number of carboxylic acids is 1. The quantitative estimate of drug-likeness (QED) is 0.187. The summed E-state index contributed by atoms with van der Waals surface area (Å²) in [6.45, 7) is 2.63. The van der Waals surface area contributed by atoms with Crippen LogP contribution in [0.1, 0.15) is 25.8 Å². The lowest BCUT2D eigenvalue weighted by Crippen LogP contribution is -2.55. The van der Waals surface area contributed by atoms with Crippen molar-refractivity contribution in [1.82, 2.24) is 16.0 Å². The van der Waals surface area contributed by atoms with E-state index in [1.807, 2.05) is 0 Å². The first kappa shape index (κ1) is 26.4.